The molecular formula is C23H31BN6O9. The number of amides is 2. The lowest BCUT2D eigenvalue weighted by atomic mass is 9.72. The van der Waals surface area contributed by atoms with Crippen LogP contribution in [0.5, 0.6) is 5.75 Å². The van der Waals surface area contributed by atoms with E-state index in [-0.39, 0.29) is 48.0 Å². The molecule has 39 heavy (non-hydrogen) atoms. The van der Waals surface area contributed by atoms with Crippen molar-refractivity contribution >= 4 is 31.1 Å². The van der Waals surface area contributed by atoms with Gasteiger partial charge in [0, 0.05) is 18.8 Å². The minimum Gasteiger partial charge on any atom is -0.534 e. The van der Waals surface area contributed by atoms with Crippen LogP contribution in [-0.2, 0) is 30.2 Å². The highest BCUT2D eigenvalue weighted by atomic mass is 16.8. The topological polar surface area (TPSA) is 189 Å². The summed E-state index contributed by atoms with van der Waals surface area (Å²) in [6.07, 6.45) is 1.13. The molecule has 0 radical (unpaired) electrons. The van der Waals surface area contributed by atoms with Gasteiger partial charge in [-0.15, -0.1) is 5.53 Å². The SMILES string of the molecule is CC(C)OC(=O)OCOC(=O)c1cccc2c1OB(O)[C@@H](NC(=O)CN1C=C(C(=O)N[C@H]3CCNC3)NN1)C2. The predicted octanol–water partition coefficient (Wildman–Crippen LogP) is -1.55. The Morgan fingerprint density at radius 2 is 2.05 bits per heavy atom. The molecule has 1 aromatic rings. The third-order valence-electron chi connectivity index (χ3n) is 5.96. The Morgan fingerprint density at radius 1 is 1.23 bits per heavy atom. The van der Waals surface area contributed by atoms with Crippen LogP contribution < -0.4 is 31.6 Å². The number of esters is 1. The van der Waals surface area contributed by atoms with E-state index < -0.39 is 37.9 Å². The van der Waals surface area contributed by atoms with Crippen molar-refractivity contribution in [2.75, 3.05) is 26.4 Å². The monoisotopic (exact) mass is 546 g/mol. The molecule has 15 nitrogen and oxygen atoms in total. The van der Waals surface area contributed by atoms with Gasteiger partial charge in [-0.3, -0.25) is 20.0 Å². The van der Waals surface area contributed by atoms with Crippen LogP contribution in [0, 0.1) is 0 Å². The van der Waals surface area contributed by atoms with E-state index in [0.29, 0.717) is 12.1 Å². The highest BCUT2D eigenvalue weighted by Gasteiger charge is 2.38. The standard InChI is InChI=1S/C23H31BN6O9/c1-13(2)38-23(34)37-12-36-22(33)16-5-3-4-14-8-18(24(35)39-20(14)16)27-19(31)11-30-10-17(28-29-30)21(32)26-15-6-7-25-9-15/h3-5,10,13,15,18,25,28-29,35H,6-9,11-12H2,1-2H3,(H,26,32)(H,27,31)/t15-,18-/m0/s1. The first-order valence-corrected chi connectivity index (χ1v) is 12.5. The second-order valence-corrected chi connectivity index (χ2v) is 9.36. The van der Waals surface area contributed by atoms with E-state index >= 15 is 0 Å². The smallest absolute Gasteiger partial charge is 0.534 e. The fraction of sp³-hybridized carbons (Fsp3) is 0.478. The summed E-state index contributed by atoms with van der Waals surface area (Å²) in [6, 6.07) is 4.78. The number of fused-ring (bicyclic) bond motifs is 1. The molecule has 2 amide bonds. The van der Waals surface area contributed by atoms with Gasteiger partial charge in [0.25, 0.3) is 5.91 Å². The molecule has 2 atom stereocenters. The molecule has 1 saturated heterocycles. The van der Waals surface area contributed by atoms with Crippen molar-refractivity contribution in [3.63, 3.8) is 0 Å². The van der Waals surface area contributed by atoms with Crippen molar-refractivity contribution in [1.82, 2.24) is 31.9 Å². The molecule has 0 saturated carbocycles. The lowest BCUT2D eigenvalue weighted by Gasteiger charge is -2.29. The van der Waals surface area contributed by atoms with Crippen LogP contribution in [0.3, 0.4) is 0 Å². The average molecular weight is 546 g/mol. The second kappa shape index (κ2) is 12.7. The molecule has 16 heteroatoms. The minimum absolute atomic E-state index is 0.0221. The molecule has 6 N–H and O–H groups in total. The Kier molecular flexibility index (Phi) is 9.11. The normalized spacial score (nSPS) is 19.8. The van der Waals surface area contributed by atoms with Gasteiger partial charge in [0.05, 0.1) is 12.0 Å². The van der Waals surface area contributed by atoms with E-state index in [1.54, 1.807) is 26.0 Å². The Morgan fingerprint density at radius 3 is 2.79 bits per heavy atom. The molecule has 3 heterocycles. The summed E-state index contributed by atoms with van der Waals surface area (Å²) in [7, 11) is -1.45. The van der Waals surface area contributed by atoms with Gasteiger partial charge >= 0.3 is 19.2 Å². The molecule has 3 aliphatic rings. The first-order valence-electron chi connectivity index (χ1n) is 12.5. The number of ether oxygens (including phenoxy) is 3. The Bertz CT molecular complexity index is 1130. The molecule has 0 bridgehead atoms. The minimum atomic E-state index is -1.45. The molecule has 0 unspecified atom stereocenters. The third kappa shape index (κ3) is 7.52. The highest BCUT2D eigenvalue weighted by Crippen LogP contribution is 2.30. The lowest BCUT2D eigenvalue weighted by Crippen LogP contribution is -2.55. The molecular weight excluding hydrogens is 515 g/mol. The van der Waals surface area contributed by atoms with Gasteiger partial charge in [-0.25, -0.2) is 9.59 Å². The van der Waals surface area contributed by atoms with E-state index in [4.69, 9.17) is 18.9 Å². The summed E-state index contributed by atoms with van der Waals surface area (Å²) in [5.74, 6) is -2.26. The van der Waals surface area contributed by atoms with E-state index in [1.807, 2.05) is 0 Å². The van der Waals surface area contributed by atoms with Crippen molar-refractivity contribution in [3.05, 3.63) is 41.2 Å². The molecule has 210 valence electrons. The number of carbonyl (C=O) groups is 4. The van der Waals surface area contributed by atoms with Crippen LogP contribution >= 0.6 is 0 Å². The third-order valence-corrected chi connectivity index (χ3v) is 5.96. The van der Waals surface area contributed by atoms with Crippen molar-refractivity contribution in [3.8, 4) is 5.75 Å². The molecule has 1 fully saturated rings. The fourth-order valence-corrected chi connectivity index (χ4v) is 4.14. The quantitative estimate of drug-likeness (QED) is 0.119. The summed E-state index contributed by atoms with van der Waals surface area (Å²) in [5.41, 5.74) is 6.31. The predicted molar refractivity (Wildman–Crippen MR) is 134 cm³/mol. The van der Waals surface area contributed by atoms with Crippen LogP contribution in [0.15, 0.2) is 30.1 Å². The Hall–Kier alpha value is -4.02. The summed E-state index contributed by atoms with van der Waals surface area (Å²) in [4.78, 5) is 48.9. The number of benzene rings is 1. The maximum atomic E-state index is 12.6. The van der Waals surface area contributed by atoms with E-state index in [0.717, 1.165) is 13.0 Å². The van der Waals surface area contributed by atoms with Gasteiger partial charge in [-0.1, -0.05) is 12.1 Å². The summed E-state index contributed by atoms with van der Waals surface area (Å²) < 4.78 is 20.0. The van der Waals surface area contributed by atoms with E-state index in [9.17, 15) is 24.2 Å². The van der Waals surface area contributed by atoms with E-state index in [1.165, 1.54) is 17.3 Å². The molecule has 0 aliphatic carbocycles. The fourth-order valence-electron chi connectivity index (χ4n) is 4.14. The van der Waals surface area contributed by atoms with Crippen LogP contribution in [0.2, 0.25) is 0 Å². The maximum Gasteiger partial charge on any atom is 0.547 e. The summed E-state index contributed by atoms with van der Waals surface area (Å²) in [5, 5.41) is 20.7. The summed E-state index contributed by atoms with van der Waals surface area (Å²) >= 11 is 0. The number of hydrogen-bond acceptors (Lipinski definition) is 13. The van der Waals surface area contributed by atoms with Crippen molar-refractivity contribution in [2.45, 2.75) is 44.8 Å². The van der Waals surface area contributed by atoms with E-state index in [2.05, 4.69) is 26.9 Å². The van der Waals surface area contributed by atoms with Crippen LogP contribution in [0.4, 0.5) is 4.79 Å². The van der Waals surface area contributed by atoms with Gasteiger partial charge < -0.3 is 39.8 Å². The van der Waals surface area contributed by atoms with Gasteiger partial charge in [0.15, 0.2) is 0 Å². The summed E-state index contributed by atoms with van der Waals surface area (Å²) in [6.45, 7) is 4.03. The van der Waals surface area contributed by atoms with Crippen molar-refractivity contribution in [1.29, 1.82) is 0 Å². The first-order chi connectivity index (χ1) is 18.7. The van der Waals surface area contributed by atoms with Crippen molar-refractivity contribution < 1.29 is 43.1 Å². The number of rotatable bonds is 9. The van der Waals surface area contributed by atoms with Crippen LogP contribution in [0.25, 0.3) is 0 Å². The maximum absolute atomic E-state index is 12.6. The zero-order chi connectivity index (χ0) is 27.9. The number of hydrazine groups is 2. The van der Waals surface area contributed by atoms with Crippen LogP contribution in [0.1, 0.15) is 36.2 Å². The highest BCUT2D eigenvalue weighted by molar-refractivity contribution is 6.47. The number of hydrogen-bond donors (Lipinski definition) is 6. The Balaban J connectivity index is 1.28. The molecule has 0 aromatic heterocycles. The molecule has 4 rings (SSSR count). The molecule has 0 spiro atoms. The van der Waals surface area contributed by atoms with Crippen LogP contribution in [-0.4, -0.2) is 85.6 Å². The lowest BCUT2D eigenvalue weighted by molar-refractivity contribution is -0.122. The largest absolute Gasteiger partial charge is 0.547 e. The average Bonchev–Trinajstić information content (AvgIpc) is 3.56. The van der Waals surface area contributed by atoms with Gasteiger partial charge in [0.2, 0.25) is 12.7 Å². The molecule has 3 aliphatic heterocycles. The molecule has 1 aromatic carbocycles. The van der Waals surface area contributed by atoms with Gasteiger partial charge in [-0.05, 0) is 44.9 Å². The van der Waals surface area contributed by atoms with Gasteiger partial charge in [0.1, 0.15) is 23.6 Å². The number of nitrogens with one attached hydrogen (secondary N) is 5. The van der Waals surface area contributed by atoms with Crippen molar-refractivity contribution in [2.24, 2.45) is 0 Å². The Labute approximate surface area is 224 Å². The second-order valence-electron chi connectivity index (χ2n) is 9.36. The number of carbonyl (C=O) groups excluding carboxylic acids is 4. The zero-order valence-corrected chi connectivity index (χ0v) is 21.5. The first kappa shape index (κ1) is 28.0. The zero-order valence-electron chi connectivity index (χ0n) is 21.5. The number of para-hydroxylation sites is 1. The number of nitrogens with zero attached hydrogens (tertiary/aromatic N) is 1. The van der Waals surface area contributed by atoms with Gasteiger partial charge in [-0.2, -0.15) is 0 Å².